The molecule has 208 valence electrons. The lowest BCUT2D eigenvalue weighted by molar-refractivity contribution is -0.137. The van der Waals surface area contributed by atoms with Crippen molar-refractivity contribution in [1.82, 2.24) is 5.43 Å². The number of halogens is 4. The largest absolute Gasteiger partial charge is 0.490 e. The molecule has 40 heavy (non-hydrogen) atoms. The normalized spacial score (nSPS) is 11.1. The van der Waals surface area contributed by atoms with E-state index in [2.05, 4.69) is 37.8 Å². The number of hydrazone groups is 1. The third-order valence-electron chi connectivity index (χ3n) is 5.30. The average molecular weight is 617 g/mol. The third-order valence-corrected chi connectivity index (χ3v) is 5.89. The summed E-state index contributed by atoms with van der Waals surface area (Å²) < 4.78 is 50.7. The van der Waals surface area contributed by atoms with Crippen molar-refractivity contribution in [2.45, 2.75) is 32.5 Å². The molecule has 0 unspecified atom stereocenters. The lowest BCUT2D eigenvalue weighted by Crippen LogP contribution is -2.20. The smallest absolute Gasteiger partial charge is 0.416 e. The molecule has 0 fully saturated rings. The summed E-state index contributed by atoms with van der Waals surface area (Å²) in [5.74, 6) is -0.319. The highest BCUT2D eigenvalue weighted by atomic mass is 79.9. The number of benzene rings is 3. The second-order valence-electron chi connectivity index (χ2n) is 8.24. The van der Waals surface area contributed by atoms with E-state index in [1.165, 1.54) is 18.3 Å². The van der Waals surface area contributed by atoms with Gasteiger partial charge in [0.2, 0.25) is 11.8 Å². The van der Waals surface area contributed by atoms with Gasteiger partial charge in [-0.2, -0.15) is 23.5 Å². The van der Waals surface area contributed by atoms with Crippen LogP contribution >= 0.6 is 15.9 Å². The van der Waals surface area contributed by atoms with Gasteiger partial charge in [0.05, 0.1) is 34.5 Å². The van der Waals surface area contributed by atoms with Crippen LogP contribution in [-0.2, 0) is 22.4 Å². The zero-order valence-electron chi connectivity index (χ0n) is 21.2. The van der Waals surface area contributed by atoms with Gasteiger partial charge in [-0.3, -0.25) is 9.59 Å². The Morgan fingerprint density at radius 1 is 1.05 bits per heavy atom. The number of nitriles is 1. The molecule has 2 N–H and O–H groups in total. The molecular weight excluding hydrogens is 593 g/mol. The fraction of sp³-hybridized carbons (Fsp3) is 0.214. The molecule has 0 aliphatic carbocycles. The second-order valence-corrected chi connectivity index (χ2v) is 9.09. The van der Waals surface area contributed by atoms with Crippen LogP contribution in [0.5, 0.6) is 11.5 Å². The minimum atomic E-state index is -4.53. The number of ether oxygens (including phenoxy) is 2. The van der Waals surface area contributed by atoms with Gasteiger partial charge in [0, 0.05) is 24.1 Å². The van der Waals surface area contributed by atoms with Crippen LogP contribution in [0.15, 0.2) is 70.2 Å². The highest BCUT2D eigenvalue weighted by Crippen LogP contribution is 2.37. The average Bonchev–Trinajstić information content (AvgIpc) is 2.91. The summed E-state index contributed by atoms with van der Waals surface area (Å²) >= 11 is 3.46. The number of hydrogen-bond donors (Lipinski definition) is 2. The molecule has 12 heteroatoms. The van der Waals surface area contributed by atoms with Crippen molar-refractivity contribution in [3.63, 3.8) is 0 Å². The number of carbonyl (C=O) groups excluding carboxylic acids is 2. The zero-order chi connectivity index (χ0) is 29.1. The lowest BCUT2D eigenvalue weighted by Gasteiger charge is -2.15. The van der Waals surface area contributed by atoms with Crippen LogP contribution < -0.4 is 20.2 Å². The summed E-state index contributed by atoms with van der Waals surface area (Å²) in [4.78, 5) is 24.2. The fourth-order valence-corrected chi connectivity index (χ4v) is 4.00. The van der Waals surface area contributed by atoms with Crippen LogP contribution in [0.1, 0.15) is 42.0 Å². The van der Waals surface area contributed by atoms with Crippen molar-refractivity contribution in [2.75, 3.05) is 11.9 Å². The Bertz CT molecular complexity index is 1440. The number of nitrogens with zero attached hydrogens (tertiary/aromatic N) is 2. The summed E-state index contributed by atoms with van der Waals surface area (Å²) in [5.41, 5.74) is 3.20. The van der Waals surface area contributed by atoms with E-state index >= 15 is 0 Å². The monoisotopic (exact) mass is 616 g/mol. The molecule has 0 atom stereocenters. The Morgan fingerprint density at radius 3 is 2.52 bits per heavy atom. The van der Waals surface area contributed by atoms with Gasteiger partial charge in [-0.1, -0.05) is 24.3 Å². The van der Waals surface area contributed by atoms with E-state index < -0.39 is 23.6 Å². The fourth-order valence-electron chi connectivity index (χ4n) is 3.43. The Morgan fingerprint density at radius 2 is 1.80 bits per heavy atom. The van der Waals surface area contributed by atoms with E-state index in [9.17, 15) is 28.0 Å². The summed E-state index contributed by atoms with van der Waals surface area (Å²) in [6.45, 7) is 2.32. The lowest BCUT2D eigenvalue weighted by atomic mass is 10.1. The molecule has 0 radical (unpaired) electrons. The molecule has 0 saturated heterocycles. The van der Waals surface area contributed by atoms with Crippen molar-refractivity contribution in [2.24, 2.45) is 5.10 Å². The van der Waals surface area contributed by atoms with Crippen molar-refractivity contribution in [3.05, 3.63) is 87.4 Å². The first-order chi connectivity index (χ1) is 19.1. The number of amides is 2. The molecule has 3 rings (SSSR count). The number of rotatable bonds is 11. The van der Waals surface area contributed by atoms with Gasteiger partial charge >= 0.3 is 6.18 Å². The maximum absolute atomic E-state index is 12.8. The molecule has 0 spiro atoms. The first-order valence-corrected chi connectivity index (χ1v) is 12.8. The van der Waals surface area contributed by atoms with Crippen molar-refractivity contribution in [3.8, 4) is 17.6 Å². The number of anilines is 1. The molecule has 0 aliphatic heterocycles. The minimum absolute atomic E-state index is 0.0179. The quantitative estimate of drug-likeness (QED) is 0.197. The molecule has 3 aromatic rings. The van der Waals surface area contributed by atoms with Gasteiger partial charge < -0.3 is 14.8 Å². The molecule has 0 heterocycles. The van der Waals surface area contributed by atoms with Gasteiger partial charge in [-0.15, -0.1) is 0 Å². The van der Waals surface area contributed by atoms with Crippen molar-refractivity contribution < 1.29 is 32.2 Å². The maximum Gasteiger partial charge on any atom is 0.416 e. The topological polar surface area (TPSA) is 113 Å². The number of hydrogen-bond acceptors (Lipinski definition) is 6. The Balaban J connectivity index is 1.56. The van der Waals surface area contributed by atoms with Crippen LogP contribution in [0, 0.1) is 11.3 Å². The van der Waals surface area contributed by atoms with E-state index in [4.69, 9.17) is 9.47 Å². The van der Waals surface area contributed by atoms with Gasteiger partial charge in [-0.05, 0) is 64.8 Å². The van der Waals surface area contributed by atoms with Gasteiger partial charge in [0.1, 0.15) is 6.61 Å². The van der Waals surface area contributed by atoms with Gasteiger partial charge in [0.15, 0.2) is 11.5 Å². The highest BCUT2D eigenvalue weighted by molar-refractivity contribution is 9.10. The van der Waals surface area contributed by atoms with Crippen LogP contribution in [0.4, 0.5) is 18.9 Å². The number of carbonyl (C=O) groups is 2. The Labute approximate surface area is 236 Å². The summed E-state index contributed by atoms with van der Waals surface area (Å²) in [5, 5.41) is 15.5. The molecule has 8 nitrogen and oxygen atoms in total. The van der Waals surface area contributed by atoms with Gasteiger partial charge in [-0.25, -0.2) is 5.43 Å². The first kappa shape index (κ1) is 30.2. The molecule has 0 aromatic heterocycles. The predicted molar refractivity (Wildman–Crippen MR) is 146 cm³/mol. The van der Waals surface area contributed by atoms with Crippen molar-refractivity contribution >= 4 is 39.6 Å². The van der Waals surface area contributed by atoms with E-state index in [0.717, 1.165) is 17.7 Å². The van der Waals surface area contributed by atoms with Crippen LogP contribution in [-0.4, -0.2) is 24.6 Å². The third kappa shape index (κ3) is 8.84. The summed E-state index contributed by atoms with van der Waals surface area (Å²) in [6, 6.07) is 16.8. The van der Waals surface area contributed by atoms with E-state index in [1.807, 2.05) is 13.0 Å². The Kier molecular flexibility index (Phi) is 10.7. The van der Waals surface area contributed by atoms with E-state index in [0.29, 0.717) is 33.7 Å². The SMILES string of the molecule is CCOc1cc(C=NNC(=O)CCC(=O)Nc2cccc(C(F)(F)F)c2)cc(Br)c1OCc1ccccc1C#N. The molecule has 0 aliphatic rings. The Hall–Kier alpha value is -4.37. The van der Waals surface area contributed by atoms with Crippen LogP contribution in [0.3, 0.4) is 0 Å². The maximum atomic E-state index is 12.8. The highest BCUT2D eigenvalue weighted by Gasteiger charge is 2.30. The molecule has 0 bridgehead atoms. The summed E-state index contributed by atoms with van der Waals surface area (Å²) in [7, 11) is 0. The number of alkyl halides is 3. The van der Waals surface area contributed by atoms with Gasteiger partial charge in [0.25, 0.3) is 0 Å². The van der Waals surface area contributed by atoms with Crippen LogP contribution in [0.2, 0.25) is 0 Å². The molecule has 3 aromatic carbocycles. The molecule has 0 saturated carbocycles. The number of nitrogens with one attached hydrogen (secondary N) is 2. The molecular formula is C28H24BrF3N4O4. The van der Waals surface area contributed by atoms with E-state index in [-0.39, 0.29) is 25.1 Å². The van der Waals surface area contributed by atoms with Crippen LogP contribution in [0.25, 0.3) is 0 Å². The zero-order valence-corrected chi connectivity index (χ0v) is 22.8. The first-order valence-electron chi connectivity index (χ1n) is 12.0. The van der Waals surface area contributed by atoms with Crippen molar-refractivity contribution in [1.29, 1.82) is 5.26 Å². The molecule has 2 amide bonds. The van der Waals surface area contributed by atoms with E-state index in [1.54, 1.807) is 30.3 Å². The standard InChI is InChI=1S/C28H24BrF3N4O4/c1-2-39-24-13-18(12-23(29)27(24)40-17-20-7-4-3-6-19(20)15-33)16-34-36-26(38)11-10-25(37)35-22-9-5-8-21(14-22)28(30,31)32/h3-9,12-14,16H,2,10-11,17H2,1H3,(H,35,37)(H,36,38). The predicted octanol–water partition coefficient (Wildman–Crippen LogP) is 6.19. The minimum Gasteiger partial charge on any atom is -0.490 e. The summed E-state index contributed by atoms with van der Waals surface area (Å²) in [6.07, 6.45) is -3.64. The second kappa shape index (κ2) is 14.1.